The SMILES string of the molecule is COc1cccc(O[C@H]2COc3ccc(O)cc3[C@H]2O)c1. The van der Waals surface area contributed by atoms with Gasteiger partial charge in [0.1, 0.15) is 35.7 Å². The molecule has 3 rings (SSSR count). The van der Waals surface area contributed by atoms with Crippen molar-refractivity contribution >= 4 is 0 Å². The van der Waals surface area contributed by atoms with Gasteiger partial charge < -0.3 is 24.4 Å². The molecule has 2 aromatic carbocycles. The van der Waals surface area contributed by atoms with Gasteiger partial charge in [-0.25, -0.2) is 0 Å². The molecule has 0 radical (unpaired) electrons. The number of benzene rings is 2. The molecule has 0 saturated carbocycles. The Kier molecular flexibility index (Phi) is 3.58. The Bertz CT molecular complexity index is 640. The second-order valence-corrected chi connectivity index (χ2v) is 4.81. The van der Waals surface area contributed by atoms with E-state index < -0.39 is 12.2 Å². The van der Waals surface area contributed by atoms with Crippen molar-refractivity contribution < 1.29 is 24.4 Å². The average molecular weight is 288 g/mol. The molecule has 1 aliphatic heterocycles. The zero-order chi connectivity index (χ0) is 14.8. The second-order valence-electron chi connectivity index (χ2n) is 4.81. The molecule has 0 unspecified atom stereocenters. The molecule has 1 aliphatic rings. The Labute approximate surface area is 122 Å². The van der Waals surface area contributed by atoms with Crippen LogP contribution < -0.4 is 14.2 Å². The highest BCUT2D eigenvalue weighted by Crippen LogP contribution is 2.36. The fourth-order valence-electron chi connectivity index (χ4n) is 2.31. The predicted molar refractivity (Wildman–Crippen MR) is 76.0 cm³/mol. The lowest BCUT2D eigenvalue weighted by Gasteiger charge is -2.30. The van der Waals surface area contributed by atoms with E-state index in [2.05, 4.69) is 0 Å². The molecule has 0 bridgehead atoms. The molecule has 2 N–H and O–H groups in total. The minimum atomic E-state index is -0.868. The van der Waals surface area contributed by atoms with E-state index in [0.29, 0.717) is 22.8 Å². The summed E-state index contributed by atoms with van der Waals surface area (Å²) in [7, 11) is 1.58. The molecule has 2 atom stereocenters. The van der Waals surface area contributed by atoms with E-state index in [0.717, 1.165) is 0 Å². The highest BCUT2D eigenvalue weighted by atomic mass is 16.5. The summed E-state index contributed by atoms with van der Waals surface area (Å²) < 4.78 is 16.5. The van der Waals surface area contributed by atoms with Crippen molar-refractivity contribution in [3.8, 4) is 23.0 Å². The number of methoxy groups -OCH3 is 1. The van der Waals surface area contributed by atoms with Gasteiger partial charge in [-0.2, -0.15) is 0 Å². The van der Waals surface area contributed by atoms with Crippen LogP contribution in [0.25, 0.3) is 0 Å². The van der Waals surface area contributed by atoms with Crippen molar-refractivity contribution in [1.82, 2.24) is 0 Å². The topological polar surface area (TPSA) is 68.2 Å². The fourth-order valence-corrected chi connectivity index (χ4v) is 2.31. The van der Waals surface area contributed by atoms with E-state index in [1.54, 1.807) is 25.3 Å². The van der Waals surface area contributed by atoms with Crippen LogP contribution in [0.4, 0.5) is 0 Å². The van der Waals surface area contributed by atoms with Crippen LogP contribution in [-0.2, 0) is 0 Å². The van der Waals surface area contributed by atoms with Crippen LogP contribution in [0, 0.1) is 0 Å². The number of aromatic hydroxyl groups is 1. The Hall–Kier alpha value is -2.40. The molecular weight excluding hydrogens is 272 g/mol. The minimum Gasteiger partial charge on any atom is -0.508 e. The maximum Gasteiger partial charge on any atom is 0.163 e. The Morgan fingerprint density at radius 3 is 2.76 bits per heavy atom. The van der Waals surface area contributed by atoms with Gasteiger partial charge >= 0.3 is 0 Å². The lowest BCUT2D eigenvalue weighted by atomic mass is 10.0. The molecule has 0 aliphatic carbocycles. The first-order chi connectivity index (χ1) is 10.2. The quantitative estimate of drug-likeness (QED) is 0.907. The average Bonchev–Trinajstić information content (AvgIpc) is 2.51. The van der Waals surface area contributed by atoms with Crippen molar-refractivity contribution in [2.24, 2.45) is 0 Å². The summed E-state index contributed by atoms with van der Waals surface area (Å²) in [5, 5.41) is 19.9. The van der Waals surface area contributed by atoms with Crippen LogP contribution in [0.3, 0.4) is 0 Å². The third-order valence-corrected chi connectivity index (χ3v) is 3.40. The normalized spacial score (nSPS) is 20.3. The number of hydrogen-bond donors (Lipinski definition) is 2. The second kappa shape index (κ2) is 5.54. The van der Waals surface area contributed by atoms with Gasteiger partial charge in [-0.05, 0) is 30.3 Å². The van der Waals surface area contributed by atoms with Gasteiger partial charge in [0.15, 0.2) is 6.10 Å². The van der Waals surface area contributed by atoms with Crippen molar-refractivity contribution in [3.05, 3.63) is 48.0 Å². The van der Waals surface area contributed by atoms with Gasteiger partial charge in [-0.15, -0.1) is 0 Å². The van der Waals surface area contributed by atoms with E-state index in [9.17, 15) is 10.2 Å². The predicted octanol–water partition coefficient (Wildman–Crippen LogP) is 2.27. The first kappa shape index (κ1) is 13.6. The van der Waals surface area contributed by atoms with E-state index in [1.165, 1.54) is 12.1 Å². The Balaban J connectivity index is 1.81. The lowest BCUT2D eigenvalue weighted by molar-refractivity contribution is -0.0105. The number of fused-ring (bicyclic) bond motifs is 1. The first-order valence-electron chi connectivity index (χ1n) is 6.62. The van der Waals surface area contributed by atoms with Gasteiger partial charge in [0.25, 0.3) is 0 Å². The molecule has 5 heteroatoms. The molecule has 21 heavy (non-hydrogen) atoms. The molecular formula is C16H16O5. The highest BCUT2D eigenvalue weighted by Gasteiger charge is 2.31. The fraction of sp³-hybridized carbons (Fsp3) is 0.250. The van der Waals surface area contributed by atoms with Crippen LogP contribution >= 0.6 is 0 Å². The monoisotopic (exact) mass is 288 g/mol. The first-order valence-corrected chi connectivity index (χ1v) is 6.62. The summed E-state index contributed by atoms with van der Waals surface area (Å²) in [6, 6.07) is 11.8. The number of phenolic OH excluding ortho intramolecular Hbond substituents is 1. The van der Waals surface area contributed by atoms with E-state index >= 15 is 0 Å². The van der Waals surface area contributed by atoms with Crippen LogP contribution in [-0.4, -0.2) is 30.0 Å². The summed E-state index contributed by atoms with van der Waals surface area (Å²) in [5.41, 5.74) is 0.522. The van der Waals surface area contributed by atoms with Gasteiger partial charge in [-0.1, -0.05) is 6.07 Å². The number of aliphatic hydroxyl groups is 1. The molecule has 0 aromatic heterocycles. The Morgan fingerprint density at radius 1 is 1.14 bits per heavy atom. The minimum absolute atomic E-state index is 0.0819. The maximum absolute atomic E-state index is 10.4. The summed E-state index contributed by atoms with van der Waals surface area (Å²) in [5.74, 6) is 1.91. The largest absolute Gasteiger partial charge is 0.508 e. The standard InChI is InChI=1S/C16H16O5/c1-19-11-3-2-4-12(8-11)21-15-9-20-14-6-5-10(17)7-13(14)16(15)18/h2-8,15-18H,9H2,1H3/t15-,16+/m0/s1. The zero-order valence-electron chi connectivity index (χ0n) is 11.5. The molecule has 5 nitrogen and oxygen atoms in total. The van der Waals surface area contributed by atoms with E-state index in [4.69, 9.17) is 14.2 Å². The molecule has 0 spiro atoms. The summed E-state index contributed by atoms with van der Waals surface area (Å²) in [6.07, 6.45) is -1.42. The van der Waals surface area contributed by atoms with Crippen molar-refractivity contribution in [2.45, 2.75) is 12.2 Å². The number of ether oxygens (including phenoxy) is 3. The third kappa shape index (κ3) is 2.73. The van der Waals surface area contributed by atoms with Crippen LogP contribution in [0.15, 0.2) is 42.5 Å². The molecule has 0 amide bonds. The Morgan fingerprint density at radius 2 is 1.95 bits per heavy atom. The zero-order valence-corrected chi connectivity index (χ0v) is 11.5. The van der Waals surface area contributed by atoms with E-state index in [-0.39, 0.29) is 12.4 Å². The van der Waals surface area contributed by atoms with Gasteiger partial charge in [-0.3, -0.25) is 0 Å². The highest BCUT2D eigenvalue weighted by molar-refractivity contribution is 5.43. The van der Waals surface area contributed by atoms with Crippen LogP contribution in [0.1, 0.15) is 11.7 Å². The van der Waals surface area contributed by atoms with Crippen LogP contribution in [0.5, 0.6) is 23.0 Å². The van der Waals surface area contributed by atoms with Crippen molar-refractivity contribution in [1.29, 1.82) is 0 Å². The molecule has 0 fully saturated rings. The van der Waals surface area contributed by atoms with E-state index in [1.807, 2.05) is 12.1 Å². The number of aliphatic hydroxyl groups excluding tert-OH is 1. The lowest BCUT2D eigenvalue weighted by Crippen LogP contribution is -2.35. The smallest absolute Gasteiger partial charge is 0.163 e. The van der Waals surface area contributed by atoms with Gasteiger partial charge in [0.2, 0.25) is 0 Å². The third-order valence-electron chi connectivity index (χ3n) is 3.40. The summed E-state index contributed by atoms with van der Waals surface area (Å²) in [6.45, 7) is 0.232. The molecule has 110 valence electrons. The van der Waals surface area contributed by atoms with Gasteiger partial charge in [0, 0.05) is 11.6 Å². The molecule has 1 heterocycles. The van der Waals surface area contributed by atoms with Crippen molar-refractivity contribution in [3.63, 3.8) is 0 Å². The van der Waals surface area contributed by atoms with Gasteiger partial charge in [0.05, 0.1) is 7.11 Å². The molecule has 0 saturated heterocycles. The number of rotatable bonds is 3. The number of hydrogen-bond acceptors (Lipinski definition) is 5. The summed E-state index contributed by atoms with van der Waals surface area (Å²) in [4.78, 5) is 0. The maximum atomic E-state index is 10.4. The molecule has 2 aromatic rings. The number of phenols is 1. The summed E-state index contributed by atoms with van der Waals surface area (Å²) >= 11 is 0. The van der Waals surface area contributed by atoms with Crippen molar-refractivity contribution in [2.75, 3.05) is 13.7 Å². The van der Waals surface area contributed by atoms with Crippen LogP contribution in [0.2, 0.25) is 0 Å².